The van der Waals surface area contributed by atoms with Gasteiger partial charge in [-0.15, -0.1) is 0 Å². The molecule has 0 aliphatic rings. The standard InChI is InChI=1S/C18H20BrF/c1-13(2)11-14-7-9-15(10-8-14)17(19)12-16-5-3-4-6-18(16)20/h3-10,13,17H,11-12H2,1-2H3. The van der Waals surface area contributed by atoms with Crippen molar-refractivity contribution >= 4 is 15.9 Å². The van der Waals surface area contributed by atoms with Gasteiger partial charge < -0.3 is 0 Å². The monoisotopic (exact) mass is 334 g/mol. The summed E-state index contributed by atoms with van der Waals surface area (Å²) < 4.78 is 13.7. The Morgan fingerprint density at radius 3 is 2.20 bits per heavy atom. The number of rotatable bonds is 5. The fourth-order valence-corrected chi connectivity index (χ4v) is 2.96. The molecule has 0 aromatic heterocycles. The summed E-state index contributed by atoms with van der Waals surface area (Å²) >= 11 is 3.67. The highest BCUT2D eigenvalue weighted by Crippen LogP contribution is 2.28. The van der Waals surface area contributed by atoms with Crippen molar-refractivity contribution in [1.82, 2.24) is 0 Å². The van der Waals surface area contributed by atoms with Gasteiger partial charge in [0.1, 0.15) is 5.82 Å². The first-order valence-electron chi connectivity index (χ1n) is 7.02. The molecule has 2 aromatic rings. The van der Waals surface area contributed by atoms with Gasteiger partial charge in [-0.25, -0.2) is 4.39 Å². The van der Waals surface area contributed by atoms with E-state index in [4.69, 9.17) is 0 Å². The van der Waals surface area contributed by atoms with Crippen LogP contribution >= 0.6 is 15.9 Å². The Morgan fingerprint density at radius 2 is 1.60 bits per heavy atom. The maximum Gasteiger partial charge on any atom is 0.126 e. The molecule has 2 aromatic carbocycles. The number of halogens is 2. The van der Waals surface area contributed by atoms with Crippen LogP contribution in [0.15, 0.2) is 48.5 Å². The number of alkyl halides is 1. The van der Waals surface area contributed by atoms with Crippen molar-refractivity contribution in [2.24, 2.45) is 5.92 Å². The van der Waals surface area contributed by atoms with Crippen molar-refractivity contribution in [3.63, 3.8) is 0 Å². The predicted octanol–water partition coefficient (Wildman–Crippen LogP) is 5.70. The number of benzene rings is 2. The Labute approximate surface area is 129 Å². The average molecular weight is 335 g/mol. The van der Waals surface area contributed by atoms with Gasteiger partial charge in [0.25, 0.3) is 0 Å². The third kappa shape index (κ3) is 4.17. The van der Waals surface area contributed by atoms with Crippen LogP contribution in [0.25, 0.3) is 0 Å². The van der Waals surface area contributed by atoms with E-state index in [0.717, 1.165) is 12.0 Å². The number of hydrogen-bond acceptors (Lipinski definition) is 0. The van der Waals surface area contributed by atoms with E-state index in [1.807, 2.05) is 12.1 Å². The van der Waals surface area contributed by atoms with Gasteiger partial charge in [0.2, 0.25) is 0 Å². The van der Waals surface area contributed by atoms with E-state index in [9.17, 15) is 4.39 Å². The van der Waals surface area contributed by atoms with Gasteiger partial charge >= 0.3 is 0 Å². The third-order valence-corrected chi connectivity index (χ3v) is 4.19. The van der Waals surface area contributed by atoms with Gasteiger partial charge in [0, 0.05) is 4.83 Å². The van der Waals surface area contributed by atoms with Crippen LogP contribution in [-0.2, 0) is 12.8 Å². The summed E-state index contributed by atoms with van der Waals surface area (Å²) in [5.74, 6) is 0.535. The molecule has 2 heteroatoms. The summed E-state index contributed by atoms with van der Waals surface area (Å²) in [6, 6.07) is 15.6. The van der Waals surface area contributed by atoms with E-state index >= 15 is 0 Å². The molecule has 20 heavy (non-hydrogen) atoms. The molecule has 0 bridgehead atoms. The van der Waals surface area contributed by atoms with E-state index in [0.29, 0.717) is 12.3 Å². The average Bonchev–Trinajstić information content (AvgIpc) is 2.41. The molecule has 0 heterocycles. The van der Waals surface area contributed by atoms with Crippen molar-refractivity contribution < 1.29 is 4.39 Å². The van der Waals surface area contributed by atoms with Crippen molar-refractivity contribution in [1.29, 1.82) is 0 Å². The first-order valence-corrected chi connectivity index (χ1v) is 7.94. The molecule has 106 valence electrons. The minimum Gasteiger partial charge on any atom is -0.207 e. The molecular weight excluding hydrogens is 315 g/mol. The van der Waals surface area contributed by atoms with Crippen LogP contribution in [0.2, 0.25) is 0 Å². The summed E-state index contributed by atoms with van der Waals surface area (Å²) in [6.07, 6.45) is 1.76. The van der Waals surface area contributed by atoms with Crippen LogP contribution in [-0.4, -0.2) is 0 Å². The molecule has 1 atom stereocenters. The van der Waals surface area contributed by atoms with Crippen molar-refractivity contribution in [2.75, 3.05) is 0 Å². The largest absolute Gasteiger partial charge is 0.207 e. The summed E-state index contributed by atoms with van der Waals surface area (Å²) in [4.78, 5) is 0.146. The molecule has 0 fully saturated rings. The second kappa shape index (κ2) is 7.03. The molecule has 0 N–H and O–H groups in total. The first kappa shape index (κ1) is 15.2. The molecule has 0 saturated heterocycles. The fraction of sp³-hybridized carbons (Fsp3) is 0.333. The zero-order valence-electron chi connectivity index (χ0n) is 11.9. The van der Waals surface area contributed by atoms with Crippen LogP contribution in [0.1, 0.15) is 35.4 Å². The SMILES string of the molecule is CC(C)Cc1ccc(C(Br)Cc2ccccc2F)cc1. The van der Waals surface area contributed by atoms with Crippen LogP contribution in [0.5, 0.6) is 0 Å². The molecular formula is C18H20BrF. The van der Waals surface area contributed by atoms with E-state index in [-0.39, 0.29) is 10.6 Å². The minimum atomic E-state index is -0.131. The molecule has 0 aliphatic heterocycles. The van der Waals surface area contributed by atoms with Gasteiger partial charge in [-0.1, -0.05) is 72.2 Å². The lowest BCUT2D eigenvalue weighted by atomic mass is 9.99. The lowest BCUT2D eigenvalue weighted by molar-refractivity contribution is 0.608. The van der Waals surface area contributed by atoms with Crippen molar-refractivity contribution in [3.05, 3.63) is 71.0 Å². The Hall–Kier alpha value is -1.15. The van der Waals surface area contributed by atoms with Crippen LogP contribution in [0.4, 0.5) is 4.39 Å². The Morgan fingerprint density at radius 1 is 0.950 bits per heavy atom. The zero-order chi connectivity index (χ0) is 14.5. The minimum absolute atomic E-state index is 0.131. The zero-order valence-corrected chi connectivity index (χ0v) is 13.5. The number of hydrogen-bond donors (Lipinski definition) is 0. The van der Waals surface area contributed by atoms with Gasteiger partial charge in [0.05, 0.1) is 0 Å². The molecule has 0 radical (unpaired) electrons. The second-order valence-electron chi connectivity index (χ2n) is 5.60. The van der Waals surface area contributed by atoms with Crippen LogP contribution < -0.4 is 0 Å². The molecule has 0 nitrogen and oxygen atoms in total. The highest BCUT2D eigenvalue weighted by molar-refractivity contribution is 9.09. The van der Waals surface area contributed by atoms with Gasteiger partial charge in [0.15, 0.2) is 0 Å². The molecule has 1 unspecified atom stereocenters. The first-order chi connectivity index (χ1) is 9.56. The smallest absolute Gasteiger partial charge is 0.126 e. The second-order valence-corrected chi connectivity index (χ2v) is 6.71. The maximum absolute atomic E-state index is 13.7. The topological polar surface area (TPSA) is 0 Å². The quantitative estimate of drug-likeness (QED) is 0.615. The molecule has 2 rings (SSSR count). The maximum atomic E-state index is 13.7. The molecule has 0 aliphatic carbocycles. The summed E-state index contributed by atoms with van der Waals surface area (Å²) in [6.45, 7) is 4.44. The van der Waals surface area contributed by atoms with Crippen molar-refractivity contribution in [2.45, 2.75) is 31.5 Å². The molecule has 0 saturated carbocycles. The van der Waals surface area contributed by atoms with E-state index in [1.165, 1.54) is 17.2 Å². The summed E-state index contributed by atoms with van der Waals surface area (Å²) in [5.41, 5.74) is 3.30. The summed E-state index contributed by atoms with van der Waals surface area (Å²) in [5, 5.41) is 0. The Kier molecular flexibility index (Phi) is 5.36. The van der Waals surface area contributed by atoms with Gasteiger partial charge in [-0.3, -0.25) is 0 Å². The highest BCUT2D eigenvalue weighted by atomic mass is 79.9. The highest BCUT2D eigenvalue weighted by Gasteiger charge is 2.11. The molecule has 0 amide bonds. The van der Waals surface area contributed by atoms with E-state index < -0.39 is 0 Å². The van der Waals surface area contributed by atoms with Gasteiger partial charge in [-0.05, 0) is 41.5 Å². The lowest BCUT2D eigenvalue weighted by Crippen LogP contribution is -1.99. The summed E-state index contributed by atoms with van der Waals surface area (Å²) in [7, 11) is 0. The lowest BCUT2D eigenvalue weighted by Gasteiger charge is -2.12. The van der Waals surface area contributed by atoms with Crippen LogP contribution in [0, 0.1) is 11.7 Å². The van der Waals surface area contributed by atoms with Crippen LogP contribution in [0.3, 0.4) is 0 Å². The van der Waals surface area contributed by atoms with Gasteiger partial charge in [-0.2, -0.15) is 0 Å². The predicted molar refractivity (Wildman–Crippen MR) is 86.8 cm³/mol. The Bertz CT molecular complexity index is 546. The third-order valence-electron chi connectivity index (χ3n) is 3.34. The fourth-order valence-electron chi connectivity index (χ4n) is 2.31. The normalized spacial score (nSPS) is 12.7. The van der Waals surface area contributed by atoms with E-state index in [2.05, 4.69) is 54.0 Å². The molecule has 0 spiro atoms. The van der Waals surface area contributed by atoms with Crippen molar-refractivity contribution in [3.8, 4) is 0 Å². The van der Waals surface area contributed by atoms with E-state index in [1.54, 1.807) is 6.07 Å². The Balaban J connectivity index is 2.06.